The van der Waals surface area contributed by atoms with E-state index in [-0.39, 0.29) is 34.9 Å². The highest BCUT2D eigenvalue weighted by atomic mass is 35.5. The fraction of sp³-hybridized carbons (Fsp3) is 0.429. The maximum absolute atomic E-state index is 16.8. The molecule has 4 saturated heterocycles. The first-order chi connectivity index (χ1) is 26.2. The average molecular weight is 749 g/mol. The Morgan fingerprint density at radius 3 is 1.93 bits per heavy atom. The van der Waals surface area contributed by atoms with Crippen molar-refractivity contribution in [1.29, 1.82) is 0 Å². The molecule has 2 aromatic carbocycles. The van der Waals surface area contributed by atoms with E-state index in [1.54, 1.807) is 26.4 Å². The van der Waals surface area contributed by atoms with Gasteiger partial charge in [0.25, 0.3) is 0 Å². The molecule has 278 valence electrons. The molecule has 6 heterocycles. The second-order valence-corrected chi connectivity index (χ2v) is 16.6. The van der Waals surface area contributed by atoms with E-state index < -0.39 is 5.82 Å². The zero-order chi connectivity index (χ0) is 36.9. The minimum atomic E-state index is -0.406. The highest BCUT2D eigenvalue weighted by Gasteiger charge is 2.52. The molecular formula is C42H42ClFN6O4. The highest BCUT2D eigenvalue weighted by Crippen LogP contribution is 2.50. The summed E-state index contributed by atoms with van der Waals surface area (Å²) in [6.07, 6.45) is 5.68. The third kappa shape index (κ3) is 5.26. The van der Waals surface area contributed by atoms with Crippen LogP contribution in [-0.2, 0) is 22.4 Å². The number of amides is 2. The van der Waals surface area contributed by atoms with Gasteiger partial charge < -0.3 is 20.1 Å². The van der Waals surface area contributed by atoms with Crippen LogP contribution in [0.3, 0.4) is 0 Å². The standard InChI is InChI=1S/C42H42ClFN6O4/c1-53-39-36-23(10-12-32(36)50-21-42(22-50)14-13-33(51)48-42)15-29(46-39)27-7-3-5-25(37(27)43)26-6-4-8-28(38(26)44)30-16-24-9-11-31(35(24)40(47-30)54-2)49-19-41(20-49)17-34(52)45-18-41/h3-8,15-16,31-32H,9-14,17-22H2,1-2H3,(H,45,52)(H,48,51)/t31-,32+/m0/s1. The van der Waals surface area contributed by atoms with Crippen molar-refractivity contribution in [2.24, 2.45) is 5.41 Å². The van der Waals surface area contributed by atoms with Gasteiger partial charge in [0.2, 0.25) is 23.6 Å². The molecule has 0 unspecified atom stereocenters. The Morgan fingerprint density at radius 1 is 0.778 bits per heavy atom. The molecular weight excluding hydrogens is 707 g/mol. The average Bonchev–Trinajstić information content (AvgIpc) is 3.95. The van der Waals surface area contributed by atoms with Gasteiger partial charge in [-0.15, -0.1) is 0 Å². The number of ether oxygens (including phenoxy) is 2. The number of aromatic nitrogens is 2. The largest absolute Gasteiger partial charge is 0.481 e. The number of halogens is 2. The van der Waals surface area contributed by atoms with Crippen molar-refractivity contribution in [2.75, 3.05) is 46.9 Å². The first-order valence-corrected chi connectivity index (χ1v) is 19.3. The topological polar surface area (TPSA) is 109 Å². The predicted octanol–water partition coefficient (Wildman–Crippen LogP) is 6.05. The van der Waals surface area contributed by atoms with Crippen LogP contribution in [-0.4, -0.2) is 84.1 Å². The molecule has 2 atom stereocenters. The molecule has 4 aliphatic heterocycles. The van der Waals surface area contributed by atoms with Gasteiger partial charge in [-0.1, -0.05) is 41.9 Å². The lowest BCUT2D eigenvalue weighted by atomic mass is 9.77. The molecule has 4 fully saturated rings. The SMILES string of the molecule is COc1nc(-c2cccc(-c3cccc(-c4cc5c(c(OC)n4)[C@@H](N4CC6(CNC(=O)C6)C4)CC5)c3F)c2Cl)cc2c1[C@H](N1CC3(CCC(=O)N3)C1)CC2. The molecule has 10 nitrogen and oxygen atoms in total. The van der Waals surface area contributed by atoms with Crippen molar-refractivity contribution in [1.82, 2.24) is 30.4 Å². The van der Waals surface area contributed by atoms with Crippen molar-refractivity contribution >= 4 is 23.4 Å². The van der Waals surface area contributed by atoms with Crippen LogP contribution in [0, 0.1) is 11.2 Å². The van der Waals surface area contributed by atoms with Crippen molar-refractivity contribution in [2.45, 2.75) is 62.6 Å². The number of rotatable bonds is 7. The fourth-order valence-corrected chi connectivity index (χ4v) is 10.7. The van der Waals surface area contributed by atoms with E-state index in [0.717, 1.165) is 81.5 Å². The van der Waals surface area contributed by atoms with E-state index in [2.05, 4.69) is 26.5 Å². The van der Waals surface area contributed by atoms with Crippen molar-refractivity contribution in [3.8, 4) is 45.4 Å². The molecule has 4 aromatic rings. The molecule has 54 heavy (non-hydrogen) atoms. The molecule has 0 radical (unpaired) electrons. The lowest BCUT2D eigenvalue weighted by Gasteiger charge is -2.50. The van der Waals surface area contributed by atoms with Crippen LogP contribution in [0.5, 0.6) is 11.8 Å². The summed E-state index contributed by atoms with van der Waals surface area (Å²) in [4.78, 5) is 38.5. The summed E-state index contributed by atoms with van der Waals surface area (Å²) in [5, 5.41) is 6.59. The van der Waals surface area contributed by atoms with Gasteiger partial charge in [0.1, 0.15) is 5.82 Å². The number of aryl methyl sites for hydroxylation is 2. The van der Waals surface area contributed by atoms with Crippen molar-refractivity contribution in [3.63, 3.8) is 0 Å². The van der Waals surface area contributed by atoms with Crippen LogP contribution in [0.25, 0.3) is 33.6 Å². The smallest absolute Gasteiger partial charge is 0.220 e. The molecule has 6 aliphatic rings. The molecule has 2 N–H and O–H groups in total. The molecule has 2 aliphatic carbocycles. The fourth-order valence-electron chi connectivity index (χ4n) is 10.3. The summed E-state index contributed by atoms with van der Waals surface area (Å²) in [6, 6.07) is 15.4. The summed E-state index contributed by atoms with van der Waals surface area (Å²) < 4.78 is 28.5. The molecule has 2 amide bonds. The summed E-state index contributed by atoms with van der Waals surface area (Å²) in [7, 11) is 3.27. The number of pyridine rings is 2. The molecule has 2 spiro atoms. The third-order valence-electron chi connectivity index (χ3n) is 12.9. The van der Waals surface area contributed by atoms with Gasteiger partial charge in [-0.25, -0.2) is 14.4 Å². The number of benzene rings is 2. The highest BCUT2D eigenvalue weighted by molar-refractivity contribution is 6.36. The quantitative estimate of drug-likeness (QED) is 0.236. The van der Waals surface area contributed by atoms with E-state index in [0.29, 0.717) is 63.3 Å². The van der Waals surface area contributed by atoms with Crippen LogP contribution < -0.4 is 20.1 Å². The Balaban J connectivity index is 0.937. The van der Waals surface area contributed by atoms with Gasteiger partial charge in [0.05, 0.1) is 36.2 Å². The van der Waals surface area contributed by atoms with Crippen LogP contribution in [0.4, 0.5) is 4.39 Å². The number of nitrogens with zero attached hydrogens (tertiary/aromatic N) is 4. The van der Waals surface area contributed by atoms with Crippen LogP contribution in [0.15, 0.2) is 48.5 Å². The Labute approximate surface area is 318 Å². The van der Waals surface area contributed by atoms with Crippen molar-refractivity contribution in [3.05, 3.63) is 81.6 Å². The van der Waals surface area contributed by atoms with E-state index in [9.17, 15) is 9.59 Å². The summed E-state index contributed by atoms with van der Waals surface area (Å²) in [6.45, 7) is 4.14. The van der Waals surface area contributed by atoms with Gasteiger partial charge >= 0.3 is 0 Å². The first kappa shape index (κ1) is 33.9. The van der Waals surface area contributed by atoms with E-state index in [4.69, 9.17) is 31.0 Å². The number of nitrogens with one attached hydrogen (secondary N) is 2. The normalized spacial score (nSPS) is 23.6. The van der Waals surface area contributed by atoms with Crippen molar-refractivity contribution < 1.29 is 23.5 Å². The molecule has 12 heteroatoms. The maximum atomic E-state index is 16.8. The number of hydrogen-bond acceptors (Lipinski definition) is 8. The summed E-state index contributed by atoms with van der Waals surface area (Å²) in [5.41, 5.74) is 7.63. The molecule has 0 bridgehead atoms. The molecule has 0 saturated carbocycles. The van der Waals surface area contributed by atoms with Crippen LogP contribution in [0.1, 0.15) is 66.4 Å². The van der Waals surface area contributed by atoms with E-state index >= 15 is 4.39 Å². The van der Waals surface area contributed by atoms with E-state index in [1.165, 1.54) is 5.56 Å². The Bertz CT molecular complexity index is 2100. The number of likely N-dealkylation sites (tertiary alicyclic amines) is 2. The number of fused-ring (bicyclic) bond motifs is 2. The zero-order valence-electron chi connectivity index (χ0n) is 30.4. The van der Waals surface area contributed by atoms with Gasteiger partial charge in [-0.3, -0.25) is 19.4 Å². The van der Waals surface area contributed by atoms with Gasteiger partial charge in [0, 0.05) is 96.4 Å². The van der Waals surface area contributed by atoms with E-state index in [1.807, 2.05) is 30.3 Å². The Hall–Kier alpha value is -4.58. The summed E-state index contributed by atoms with van der Waals surface area (Å²) >= 11 is 7.18. The second-order valence-electron chi connectivity index (χ2n) is 16.2. The number of carbonyl (C=O) groups excluding carboxylic acids is 2. The zero-order valence-corrected chi connectivity index (χ0v) is 31.2. The summed E-state index contributed by atoms with van der Waals surface area (Å²) in [5.74, 6) is 0.971. The minimum Gasteiger partial charge on any atom is -0.481 e. The van der Waals surface area contributed by atoms with Crippen LogP contribution >= 0.6 is 11.6 Å². The molecule has 2 aromatic heterocycles. The first-order valence-electron chi connectivity index (χ1n) is 19.0. The van der Waals surface area contributed by atoms with Crippen LogP contribution in [0.2, 0.25) is 5.02 Å². The monoisotopic (exact) mass is 748 g/mol. The third-order valence-corrected chi connectivity index (χ3v) is 13.3. The minimum absolute atomic E-state index is 0.0311. The number of methoxy groups -OCH3 is 2. The Kier molecular flexibility index (Phi) is 7.84. The van der Waals surface area contributed by atoms with Gasteiger partial charge in [-0.05, 0) is 61.4 Å². The van der Waals surface area contributed by atoms with Gasteiger partial charge in [0.15, 0.2) is 0 Å². The second kappa shape index (κ2) is 12.5. The predicted molar refractivity (Wildman–Crippen MR) is 202 cm³/mol. The lowest BCUT2D eigenvalue weighted by Crippen LogP contribution is -2.67. The maximum Gasteiger partial charge on any atom is 0.220 e. The number of hydrogen-bond donors (Lipinski definition) is 2. The number of carbonyl (C=O) groups is 2. The Morgan fingerprint density at radius 2 is 1.35 bits per heavy atom. The van der Waals surface area contributed by atoms with Gasteiger partial charge in [-0.2, -0.15) is 0 Å². The lowest BCUT2D eigenvalue weighted by molar-refractivity contribution is -0.121. The molecule has 10 rings (SSSR count).